The molecule has 1 aliphatic rings. The van der Waals surface area contributed by atoms with E-state index in [0.717, 1.165) is 18.3 Å². The molecule has 0 N–H and O–H groups in total. The zero-order valence-corrected chi connectivity index (χ0v) is 14.7. The van der Waals surface area contributed by atoms with Crippen LogP contribution in [0.5, 0.6) is 0 Å². The van der Waals surface area contributed by atoms with E-state index in [1.165, 1.54) is 44.1 Å². The minimum Gasteiger partial charge on any atom is -0.103 e. The van der Waals surface area contributed by atoms with Crippen molar-refractivity contribution < 1.29 is 0 Å². The summed E-state index contributed by atoms with van der Waals surface area (Å²) in [6.07, 6.45) is 11.2. The second-order valence-electron chi connectivity index (χ2n) is 7.27. The first-order valence-electron chi connectivity index (χ1n) is 9.59. The van der Waals surface area contributed by atoms with E-state index >= 15 is 0 Å². The molecule has 0 bridgehead atoms. The Morgan fingerprint density at radius 1 is 0.958 bits per heavy atom. The maximum absolute atomic E-state index is 3.89. The Morgan fingerprint density at radius 3 is 2.38 bits per heavy atom. The Labute approximate surface area is 147 Å². The minimum atomic E-state index is 0.695. The van der Waals surface area contributed by atoms with Crippen LogP contribution >= 0.6 is 0 Å². The Balaban J connectivity index is 1.72. The topological polar surface area (TPSA) is 0 Å². The summed E-state index contributed by atoms with van der Waals surface area (Å²) in [6, 6.07) is 22.4. The number of benzene rings is 2. The molecule has 3 atom stereocenters. The third kappa shape index (κ3) is 4.38. The fraction of sp³-hybridized carbons (Fsp3) is 0.417. The summed E-state index contributed by atoms with van der Waals surface area (Å²) in [5.74, 6) is 2.29. The van der Waals surface area contributed by atoms with Gasteiger partial charge in [-0.1, -0.05) is 73.2 Å². The average Bonchev–Trinajstić information content (AvgIpc) is 3.11. The second-order valence-corrected chi connectivity index (χ2v) is 7.27. The van der Waals surface area contributed by atoms with E-state index in [-0.39, 0.29) is 0 Å². The number of hydrogen-bond acceptors (Lipinski definition) is 0. The molecule has 2 aromatic rings. The smallest absolute Gasteiger partial charge is 0.0133 e. The van der Waals surface area contributed by atoms with E-state index in [1.54, 1.807) is 5.56 Å². The van der Waals surface area contributed by atoms with E-state index in [0.29, 0.717) is 5.92 Å². The summed E-state index contributed by atoms with van der Waals surface area (Å²) in [5.41, 5.74) is 3.08. The molecule has 0 aliphatic heterocycles. The van der Waals surface area contributed by atoms with Gasteiger partial charge >= 0.3 is 0 Å². The van der Waals surface area contributed by atoms with E-state index in [4.69, 9.17) is 0 Å². The van der Waals surface area contributed by atoms with E-state index in [1.807, 2.05) is 0 Å². The highest BCUT2D eigenvalue weighted by molar-refractivity contribution is 5.23. The minimum absolute atomic E-state index is 0.695. The molecule has 1 aliphatic carbocycles. The lowest BCUT2D eigenvalue weighted by Crippen LogP contribution is -2.12. The molecule has 0 amide bonds. The van der Waals surface area contributed by atoms with Gasteiger partial charge in [0.2, 0.25) is 0 Å². The molecule has 0 aromatic heterocycles. The van der Waals surface area contributed by atoms with Gasteiger partial charge in [0.15, 0.2) is 0 Å². The van der Waals surface area contributed by atoms with Crippen LogP contribution in [0, 0.1) is 5.92 Å². The molecule has 3 rings (SSSR count). The normalized spacial score (nSPS) is 21.5. The molecular formula is C24H30. The fourth-order valence-corrected chi connectivity index (χ4v) is 4.48. The van der Waals surface area contributed by atoms with Crippen LogP contribution in [0.4, 0.5) is 0 Å². The Bertz CT molecular complexity index is 598. The SMILES string of the molecule is C=CCCCC(CC1CCCC1c1ccccc1)c1ccccc1. The number of allylic oxidation sites excluding steroid dienone is 1. The van der Waals surface area contributed by atoms with Crippen LogP contribution < -0.4 is 0 Å². The lowest BCUT2D eigenvalue weighted by Gasteiger charge is -2.26. The molecule has 0 heterocycles. The summed E-state index contributed by atoms with van der Waals surface area (Å²) in [7, 11) is 0. The molecule has 0 heteroatoms. The number of hydrogen-bond donors (Lipinski definition) is 0. The van der Waals surface area contributed by atoms with E-state index < -0.39 is 0 Å². The Hall–Kier alpha value is -1.82. The predicted octanol–water partition coefficient (Wildman–Crippen LogP) is 7.10. The fourth-order valence-electron chi connectivity index (χ4n) is 4.48. The standard InChI is InChI=1S/C24H30/c1-2-3-6-16-22(20-12-7-4-8-13-20)19-23-17-11-18-24(23)21-14-9-5-10-15-21/h2,4-5,7-10,12-15,22-24H,1,3,6,11,16-19H2. The highest BCUT2D eigenvalue weighted by atomic mass is 14.3. The highest BCUT2D eigenvalue weighted by Crippen LogP contribution is 2.45. The van der Waals surface area contributed by atoms with Crippen molar-refractivity contribution in [3.8, 4) is 0 Å². The molecule has 0 spiro atoms. The predicted molar refractivity (Wildman–Crippen MR) is 104 cm³/mol. The summed E-state index contributed by atoms with van der Waals surface area (Å²) < 4.78 is 0. The van der Waals surface area contributed by atoms with E-state index in [9.17, 15) is 0 Å². The molecule has 0 saturated heterocycles. The van der Waals surface area contributed by atoms with Gasteiger partial charge in [-0.25, -0.2) is 0 Å². The van der Waals surface area contributed by atoms with Crippen LogP contribution in [0.3, 0.4) is 0 Å². The first-order chi connectivity index (χ1) is 11.9. The maximum atomic E-state index is 3.89. The van der Waals surface area contributed by atoms with Crippen molar-refractivity contribution in [3.05, 3.63) is 84.4 Å². The van der Waals surface area contributed by atoms with Gasteiger partial charge < -0.3 is 0 Å². The monoisotopic (exact) mass is 318 g/mol. The third-order valence-corrected chi connectivity index (χ3v) is 5.71. The van der Waals surface area contributed by atoms with Crippen LogP contribution in [-0.4, -0.2) is 0 Å². The Morgan fingerprint density at radius 2 is 1.67 bits per heavy atom. The van der Waals surface area contributed by atoms with Crippen molar-refractivity contribution in [1.82, 2.24) is 0 Å². The molecule has 2 aromatic carbocycles. The second kappa shape index (κ2) is 8.87. The Kier molecular flexibility index (Phi) is 6.29. The van der Waals surface area contributed by atoms with Gasteiger partial charge in [-0.05, 0) is 67.4 Å². The quantitative estimate of drug-likeness (QED) is 0.359. The van der Waals surface area contributed by atoms with Gasteiger partial charge in [0.1, 0.15) is 0 Å². The zero-order valence-electron chi connectivity index (χ0n) is 14.7. The van der Waals surface area contributed by atoms with Gasteiger partial charge in [0, 0.05) is 0 Å². The molecule has 126 valence electrons. The third-order valence-electron chi connectivity index (χ3n) is 5.71. The zero-order chi connectivity index (χ0) is 16.6. The summed E-state index contributed by atoms with van der Waals surface area (Å²) >= 11 is 0. The van der Waals surface area contributed by atoms with Crippen molar-refractivity contribution >= 4 is 0 Å². The first-order valence-corrected chi connectivity index (χ1v) is 9.59. The molecule has 0 radical (unpaired) electrons. The van der Waals surface area contributed by atoms with Crippen molar-refractivity contribution in [2.45, 2.75) is 56.8 Å². The maximum Gasteiger partial charge on any atom is -0.0133 e. The van der Waals surface area contributed by atoms with Crippen molar-refractivity contribution in [1.29, 1.82) is 0 Å². The molecule has 24 heavy (non-hydrogen) atoms. The first kappa shape index (κ1) is 17.0. The summed E-state index contributed by atoms with van der Waals surface area (Å²) in [4.78, 5) is 0. The highest BCUT2D eigenvalue weighted by Gasteiger charge is 2.30. The van der Waals surface area contributed by atoms with Crippen molar-refractivity contribution in [2.24, 2.45) is 5.92 Å². The largest absolute Gasteiger partial charge is 0.103 e. The van der Waals surface area contributed by atoms with Crippen LogP contribution in [0.1, 0.15) is 67.9 Å². The van der Waals surface area contributed by atoms with Gasteiger partial charge in [0.25, 0.3) is 0 Å². The summed E-state index contributed by atoms with van der Waals surface area (Å²) in [6.45, 7) is 3.89. The van der Waals surface area contributed by atoms with Gasteiger partial charge in [-0.15, -0.1) is 6.58 Å². The van der Waals surface area contributed by atoms with Gasteiger partial charge in [-0.2, -0.15) is 0 Å². The van der Waals surface area contributed by atoms with Crippen molar-refractivity contribution in [3.63, 3.8) is 0 Å². The molecule has 1 saturated carbocycles. The van der Waals surface area contributed by atoms with Crippen LogP contribution in [0.15, 0.2) is 73.3 Å². The molecule has 3 unspecified atom stereocenters. The lowest BCUT2D eigenvalue weighted by atomic mass is 9.79. The van der Waals surface area contributed by atoms with E-state index in [2.05, 4.69) is 73.3 Å². The molecular weight excluding hydrogens is 288 g/mol. The lowest BCUT2D eigenvalue weighted by molar-refractivity contribution is 0.389. The number of unbranched alkanes of at least 4 members (excludes halogenated alkanes) is 1. The van der Waals surface area contributed by atoms with Crippen LogP contribution in [-0.2, 0) is 0 Å². The molecule has 1 fully saturated rings. The van der Waals surface area contributed by atoms with Gasteiger partial charge in [0.05, 0.1) is 0 Å². The van der Waals surface area contributed by atoms with Gasteiger partial charge in [-0.3, -0.25) is 0 Å². The number of rotatable bonds is 8. The molecule has 0 nitrogen and oxygen atoms in total. The van der Waals surface area contributed by atoms with Crippen molar-refractivity contribution in [2.75, 3.05) is 0 Å². The van der Waals surface area contributed by atoms with Crippen LogP contribution in [0.25, 0.3) is 0 Å². The summed E-state index contributed by atoms with van der Waals surface area (Å²) in [5, 5.41) is 0. The average molecular weight is 319 g/mol. The van der Waals surface area contributed by atoms with Crippen LogP contribution in [0.2, 0.25) is 0 Å².